The minimum absolute atomic E-state index is 0.343. The zero-order valence-electron chi connectivity index (χ0n) is 8.69. The monoisotopic (exact) mass is 194 g/mol. The van der Waals surface area contributed by atoms with Gasteiger partial charge in [-0.15, -0.1) is 0 Å². The van der Waals surface area contributed by atoms with Gasteiger partial charge in [-0.2, -0.15) is 5.10 Å². The van der Waals surface area contributed by atoms with E-state index in [1.807, 2.05) is 17.8 Å². The lowest BCUT2D eigenvalue weighted by atomic mass is 10.2. The first kappa shape index (κ1) is 9.71. The Labute approximate surface area is 84.7 Å². The largest absolute Gasteiger partial charge is 0.388 e. The van der Waals surface area contributed by atoms with Crippen molar-refractivity contribution in [3.8, 4) is 0 Å². The van der Waals surface area contributed by atoms with Crippen LogP contribution in [0.5, 0.6) is 0 Å². The second-order valence-electron chi connectivity index (χ2n) is 4.19. The number of hydrogen-bond donors (Lipinski definition) is 1. The minimum atomic E-state index is -0.343. The van der Waals surface area contributed by atoms with Gasteiger partial charge >= 0.3 is 0 Å². The third kappa shape index (κ3) is 2.35. The number of hydrogen-bond acceptors (Lipinski definition) is 2. The van der Waals surface area contributed by atoms with Crippen LogP contribution in [0.2, 0.25) is 0 Å². The Bertz CT molecular complexity index is 291. The molecule has 0 radical (unpaired) electrons. The number of aromatic nitrogens is 2. The summed E-state index contributed by atoms with van der Waals surface area (Å²) in [5.41, 5.74) is 0.947. The molecular weight excluding hydrogens is 176 g/mol. The van der Waals surface area contributed by atoms with Crippen LogP contribution in [-0.2, 0) is 6.54 Å². The van der Waals surface area contributed by atoms with Crippen LogP contribution in [0, 0.1) is 5.92 Å². The van der Waals surface area contributed by atoms with Gasteiger partial charge in [0.2, 0.25) is 0 Å². The molecule has 1 fully saturated rings. The molecule has 0 aromatic carbocycles. The first-order valence-corrected chi connectivity index (χ1v) is 5.50. The van der Waals surface area contributed by atoms with Crippen molar-refractivity contribution in [3.63, 3.8) is 0 Å². The van der Waals surface area contributed by atoms with E-state index >= 15 is 0 Å². The van der Waals surface area contributed by atoms with Crippen molar-refractivity contribution in [3.05, 3.63) is 18.0 Å². The first-order valence-electron chi connectivity index (χ1n) is 5.50. The molecule has 1 N–H and O–H groups in total. The predicted molar refractivity (Wildman–Crippen MR) is 54.8 cm³/mol. The van der Waals surface area contributed by atoms with Crippen molar-refractivity contribution in [2.75, 3.05) is 0 Å². The second-order valence-corrected chi connectivity index (χ2v) is 4.19. The van der Waals surface area contributed by atoms with Crippen LogP contribution in [0.4, 0.5) is 0 Å². The maximum absolute atomic E-state index is 9.58. The lowest BCUT2D eigenvalue weighted by molar-refractivity contribution is 0.173. The van der Waals surface area contributed by atoms with Gasteiger partial charge in [0.1, 0.15) is 0 Å². The molecule has 3 heteroatoms. The van der Waals surface area contributed by atoms with E-state index in [0.29, 0.717) is 0 Å². The maximum Gasteiger partial charge on any atom is 0.0817 e. The maximum atomic E-state index is 9.58. The fourth-order valence-corrected chi connectivity index (χ4v) is 1.63. The molecule has 0 amide bonds. The molecule has 1 aliphatic rings. The van der Waals surface area contributed by atoms with E-state index < -0.39 is 0 Å². The van der Waals surface area contributed by atoms with Gasteiger partial charge in [-0.3, -0.25) is 4.68 Å². The average Bonchev–Trinajstić information content (AvgIpc) is 2.92. The van der Waals surface area contributed by atoms with Crippen molar-refractivity contribution >= 4 is 0 Å². The van der Waals surface area contributed by atoms with E-state index in [-0.39, 0.29) is 6.10 Å². The molecule has 1 aliphatic carbocycles. The molecule has 3 nitrogen and oxygen atoms in total. The number of nitrogens with zero attached hydrogens (tertiary/aromatic N) is 2. The zero-order valence-corrected chi connectivity index (χ0v) is 8.69. The highest BCUT2D eigenvalue weighted by Crippen LogP contribution is 2.32. The highest BCUT2D eigenvalue weighted by atomic mass is 16.3. The Morgan fingerprint density at radius 1 is 1.64 bits per heavy atom. The molecule has 0 aliphatic heterocycles. The third-order valence-corrected chi connectivity index (χ3v) is 2.89. The summed E-state index contributed by atoms with van der Waals surface area (Å²) in [6.07, 6.45) is 8.19. The molecule has 1 atom stereocenters. The minimum Gasteiger partial charge on any atom is -0.388 e. The number of aryl methyl sites for hydroxylation is 1. The average molecular weight is 194 g/mol. The van der Waals surface area contributed by atoms with E-state index in [4.69, 9.17) is 0 Å². The van der Waals surface area contributed by atoms with Gasteiger partial charge in [0, 0.05) is 18.3 Å². The lowest BCUT2D eigenvalue weighted by Crippen LogP contribution is -1.99. The van der Waals surface area contributed by atoms with Crippen LogP contribution in [0.1, 0.15) is 44.3 Å². The van der Waals surface area contributed by atoms with E-state index in [1.165, 1.54) is 19.3 Å². The van der Waals surface area contributed by atoms with Crippen LogP contribution in [0.25, 0.3) is 0 Å². The summed E-state index contributed by atoms with van der Waals surface area (Å²) in [5.74, 6) is 0.943. The summed E-state index contributed by atoms with van der Waals surface area (Å²) >= 11 is 0. The smallest absolute Gasteiger partial charge is 0.0817 e. The van der Waals surface area contributed by atoms with Crippen molar-refractivity contribution in [1.29, 1.82) is 0 Å². The van der Waals surface area contributed by atoms with Crippen molar-refractivity contribution in [2.45, 2.75) is 45.3 Å². The molecule has 1 saturated carbocycles. The van der Waals surface area contributed by atoms with Gasteiger partial charge in [-0.05, 0) is 18.8 Å². The highest BCUT2D eigenvalue weighted by molar-refractivity contribution is 5.07. The van der Waals surface area contributed by atoms with Gasteiger partial charge in [0.05, 0.1) is 12.3 Å². The normalized spacial score (nSPS) is 18.4. The van der Waals surface area contributed by atoms with Crippen LogP contribution in [-0.4, -0.2) is 14.9 Å². The van der Waals surface area contributed by atoms with Crippen LogP contribution < -0.4 is 0 Å². The van der Waals surface area contributed by atoms with E-state index in [1.54, 1.807) is 6.20 Å². The summed E-state index contributed by atoms with van der Waals surface area (Å²) in [4.78, 5) is 0. The number of aliphatic hydroxyl groups excluding tert-OH is 1. The van der Waals surface area contributed by atoms with Crippen LogP contribution >= 0.6 is 0 Å². The lowest BCUT2D eigenvalue weighted by Gasteiger charge is -2.02. The fraction of sp³-hybridized carbons (Fsp3) is 0.727. The standard InChI is InChI=1S/C11H18N2O/c1-2-11(14)10-7-12-13(8-10)6-5-9-3-4-9/h7-9,11,14H,2-6H2,1H3. The van der Waals surface area contributed by atoms with Gasteiger partial charge in [-0.1, -0.05) is 19.8 Å². The van der Waals surface area contributed by atoms with Gasteiger partial charge in [0.25, 0.3) is 0 Å². The SMILES string of the molecule is CCC(O)c1cnn(CCC2CC2)c1. The molecule has 78 valence electrons. The summed E-state index contributed by atoms with van der Waals surface area (Å²) in [7, 11) is 0. The molecule has 1 unspecified atom stereocenters. The van der Waals surface area contributed by atoms with Gasteiger partial charge in [0.15, 0.2) is 0 Å². The van der Waals surface area contributed by atoms with Crippen molar-refractivity contribution in [1.82, 2.24) is 9.78 Å². The Hall–Kier alpha value is -0.830. The Balaban J connectivity index is 1.87. The topological polar surface area (TPSA) is 38.1 Å². The van der Waals surface area contributed by atoms with Gasteiger partial charge < -0.3 is 5.11 Å². The molecule has 0 spiro atoms. The molecule has 1 aromatic heterocycles. The van der Waals surface area contributed by atoms with Crippen LogP contribution in [0.3, 0.4) is 0 Å². The van der Waals surface area contributed by atoms with Crippen LogP contribution in [0.15, 0.2) is 12.4 Å². The summed E-state index contributed by atoms with van der Waals surface area (Å²) in [5, 5.41) is 13.8. The van der Waals surface area contributed by atoms with E-state index in [2.05, 4.69) is 5.10 Å². The fourth-order valence-electron chi connectivity index (χ4n) is 1.63. The molecule has 0 bridgehead atoms. The molecular formula is C11H18N2O. The number of aliphatic hydroxyl groups is 1. The Morgan fingerprint density at radius 3 is 3.07 bits per heavy atom. The molecule has 14 heavy (non-hydrogen) atoms. The number of rotatable bonds is 5. The first-order chi connectivity index (χ1) is 6.79. The third-order valence-electron chi connectivity index (χ3n) is 2.89. The Morgan fingerprint density at radius 2 is 2.43 bits per heavy atom. The zero-order chi connectivity index (χ0) is 9.97. The Kier molecular flexibility index (Phi) is 2.87. The quantitative estimate of drug-likeness (QED) is 0.779. The molecule has 1 aromatic rings. The summed E-state index contributed by atoms with van der Waals surface area (Å²) < 4.78 is 1.95. The van der Waals surface area contributed by atoms with Crippen molar-refractivity contribution in [2.24, 2.45) is 5.92 Å². The second kappa shape index (κ2) is 4.13. The van der Waals surface area contributed by atoms with E-state index in [0.717, 1.165) is 24.4 Å². The van der Waals surface area contributed by atoms with Gasteiger partial charge in [-0.25, -0.2) is 0 Å². The summed E-state index contributed by atoms with van der Waals surface area (Å²) in [6.45, 7) is 2.98. The van der Waals surface area contributed by atoms with E-state index in [9.17, 15) is 5.11 Å². The molecule has 1 heterocycles. The summed E-state index contributed by atoms with van der Waals surface area (Å²) in [6, 6.07) is 0. The highest BCUT2D eigenvalue weighted by Gasteiger charge is 2.20. The molecule has 2 rings (SSSR count). The van der Waals surface area contributed by atoms with Crippen molar-refractivity contribution < 1.29 is 5.11 Å². The predicted octanol–water partition coefficient (Wildman–Crippen LogP) is 2.13. The molecule has 0 saturated heterocycles.